The number of hydrogen-bond acceptors (Lipinski definition) is 4. The third-order valence-electron chi connectivity index (χ3n) is 5.72. The number of likely N-dealkylation sites (N-methyl/N-ethyl adjacent to an activating group) is 1. The summed E-state index contributed by atoms with van der Waals surface area (Å²) in [6.07, 6.45) is 2.64. The number of carboxylic acid groups (broad SMARTS) is 1. The first-order chi connectivity index (χ1) is 13.3. The SMILES string of the molecule is CCN(Cc1ccc(C(=O)N2CCCC(N(C)CC(=O)O)CC2)cc1)C(C)C. The minimum absolute atomic E-state index is 0.0469. The van der Waals surface area contributed by atoms with Gasteiger partial charge in [0.25, 0.3) is 5.91 Å². The Bertz CT molecular complexity index is 645. The van der Waals surface area contributed by atoms with Crippen LogP contribution in [0.5, 0.6) is 0 Å². The van der Waals surface area contributed by atoms with Crippen molar-refractivity contribution < 1.29 is 14.7 Å². The van der Waals surface area contributed by atoms with Gasteiger partial charge in [0.15, 0.2) is 0 Å². The van der Waals surface area contributed by atoms with Crippen molar-refractivity contribution in [2.24, 2.45) is 0 Å². The number of carbonyl (C=O) groups is 2. The summed E-state index contributed by atoms with van der Waals surface area (Å²) in [7, 11) is 1.85. The number of likely N-dealkylation sites (tertiary alicyclic amines) is 1. The molecule has 1 aromatic carbocycles. The van der Waals surface area contributed by atoms with E-state index in [0.717, 1.165) is 44.5 Å². The highest BCUT2D eigenvalue weighted by Gasteiger charge is 2.24. The average Bonchev–Trinajstić information content (AvgIpc) is 2.91. The molecular formula is C22H35N3O3. The van der Waals surface area contributed by atoms with Gasteiger partial charge in [0, 0.05) is 37.3 Å². The van der Waals surface area contributed by atoms with Gasteiger partial charge in [0.1, 0.15) is 0 Å². The Labute approximate surface area is 169 Å². The van der Waals surface area contributed by atoms with Crippen LogP contribution in [0.1, 0.15) is 56.0 Å². The molecule has 1 atom stereocenters. The van der Waals surface area contributed by atoms with Crippen LogP contribution in [0.3, 0.4) is 0 Å². The lowest BCUT2D eigenvalue weighted by Crippen LogP contribution is -2.37. The molecule has 0 aromatic heterocycles. The fourth-order valence-corrected chi connectivity index (χ4v) is 3.89. The molecular weight excluding hydrogens is 354 g/mol. The molecule has 1 fully saturated rings. The van der Waals surface area contributed by atoms with Gasteiger partial charge in [-0.25, -0.2) is 0 Å². The maximum atomic E-state index is 12.9. The summed E-state index contributed by atoms with van der Waals surface area (Å²) >= 11 is 0. The number of hydrogen-bond donors (Lipinski definition) is 1. The van der Waals surface area contributed by atoms with E-state index in [4.69, 9.17) is 5.11 Å². The average molecular weight is 390 g/mol. The Morgan fingerprint density at radius 3 is 2.43 bits per heavy atom. The number of amides is 1. The second-order valence-corrected chi connectivity index (χ2v) is 8.04. The van der Waals surface area contributed by atoms with Gasteiger partial charge < -0.3 is 10.0 Å². The molecule has 6 nitrogen and oxygen atoms in total. The number of rotatable bonds is 8. The van der Waals surface area contributed by atoms with Gasteiger partial charge in [0.2, 0.25) is 0 Å². The highest BCUT2D eigenvalue weighted by molar-refractivity contribution is 5.94. The zero-order valence-corrected chi connectivity index (χ0v) is 17.7. The van der Waals surface area contributed by atoms with Crippen molar-refractivity contribution in [2.75, 3.05) is 33.2 Å². The van der Waals surface area contributed by atoms with Crippen molar-refractivity contribution >= 4 is 11.9 Å². The maximum absolute atomic E-state index is 12.9. The summed E-state index contributed by atoms with van der Waals surface area (Å²) < 4.78 is 0. The van der Waals surface area contributed by atoms with Crippen molar-refractivity contribution in [3.05, 3.63) is 35.4 Å². The number of carboxylic acids is 1. The van der Waals surface area contributed by atoms with Gasteiger partial charge in [-0.3, -0.25) is 19.4 Å². The second kappa shape index (κ2) is 10.6. The number of benzene rings is 1. The van der Waals surface area contributed by atoms with E-state index in [2.05, 4.69) is 37.8 Å². The van der Waals surface area contributed by atoms with Gasteiger partial charge in [-0.15, -0.1) is 0 Å². The van der Waals surface area contributed by atoms with Crippen LogP contribution in [-0.4, -0.2) is 77.0 Å². The highest BCUT2D eigenvalue weighted by atomic mass is 16.4. The predicted molar refractivity (Wildman–Crippen MR) is 111 cm³/mol. The first-order valence-electron chi connectivity index (χ1n) is 10.4. The van der Waals surface area contributed by atoms with Crippen molar-refractivity contribution in [2.45, 2.75) is 58.7 Å². The number of aliphatic carboxylic acids is 1. The van der Waals surface area contributed by atoms with E-state index >= 15 is 0 Å². The van der Waals surface area contributed by atoms with Crippen molar-refractivity contribution in [3.8, 4) is 0 Å². The molecule has 0 aliphatic carbocycles. The summed E-state index contributed by atoms with van der Waals surface area (Å²) in [5, 5.41) is 8.99. The quantitative estimate of drug-likeness (QED) is 0.741. The largest absolute Gasteiger partial charge is 0.480 e. The Balaban J connectivity index is 1.95. The van der Waals surface area contributed by atoms with Gasteiger partial charge in [-0.1, -0.05) is 19.1 Å². The van der Waals surface area contributed by atoms with Crippen LogP contribution in [-0.2, 0) is 11.3 Å². The van der Waals surface area contributed by atoms with E-state index in [1.165, 1.54) is 5.56 Å². The van der Waals surface area contributed by atoms with Crippen molar-refractivity contribution in [1.82, 2.24) is 14.7 Å². The summed E-state index contributed by atoms with van der Waals surface area (Å²) in [5.74, 6) is -0.733. The molecule has 1 saturated heterocycles. The first-order valence-corrected chi connectivity index (χ1v) is 10.4. The van der Waals surface area contributed by atoms with Crippen LogP contribution in [0.25, 0.3) is 0 Å². The minimum Gasteiger partial charge on any atom is -0.480 e. The Morgan fingerprint density at radius 1 is 1.18 bits per heavy atom. The number of carbonyl (C=O) groups excluding carboxylic acids is 1. The molecule has 0 saturated carbocycles. The lowest BCUT2D eigenvalue weighted by atomic mass is 10.1. The van der Waals surface area contributed by atoms with E-state index in [1.54, 1.807) is 0 Å². The maximum Gasteiger partial charge on any atom is 0.317 e. The third-order valence-corrected chi connectivity index (χ3v) is 5.72. The molecule has 1 aromatic rings. The molecule has 1 heterocycles. The monoisotopic (exact) mass is 389 g/mol. The lowest BCUT2D eigenvalue weighted by molar-refractivity contribution is -0.138. The zero-order valence-electron chi connectivity index (χ0n) is 17.7. The number of nitrogens with zero attached hydrogens (tertiary/aromatic N) is 3. The topological polar surface area (TPSA) is 64.1 Å². The normalized spacial score (nSPS) is 18.0. The Morgan fingerprint density at radius 2 is 1.86 bits per heavy atom. The van der Waals surface area contributed by atoms with E-state index in [-0.39, 0.29) is 18.5 Å². The van der Waals surface area contributed by atoms with E-state index < -0.39 is 5.97 Å². The van der Waals surface area contributed by atoms with Gasteiger partial charge in [-0.2, -0.15) is 0 Å². The van der Waals surface area contributed by atoms with Crippen LogP contribution >= 0.6 is 0 Å². The van der Waals surface area contributed by atoms with Crippen LogP contribution in [0, 0.1) is 0 Å². The molecule has 156 valence electrons. The van der Waals surface area contributed by atoms with Crippen LogP contribution < -0.4 is 0 Å². The molecule has 1 N–H and O–H groups in total. The van der Waals surface area contributed by atoms with E-state index in [9.17, 15) is 9.59 Å². The second-order valence-electron chi connectivity index (χ2n) is 8.04. The molecule has 0 spiro atoms. The minimum atomic E-state index is -0.807. The standard InChI is InChI=1S/C22H35N3O3/c1-5-24(17(2)3)15-18-8-10-19(11-9-18)22(28)25-13-6-7-20(12-14-25)23(4)16-21(26)27/h8-11,17,20H,5-7,12-16H2,1-4H3,(H,26,27). The smallest absolute Gasteiger partial charge is 0.317 e. The molecule has 1 amide bonds. The molecule has 1 aliphatic heterocycles. The summed E-state index contributed by atoms with van der Waals surface area (Å²) in [6, 6.07) is 8.69. The van der Waals surface area contributed by atoms with Crippen LogP contribution in [0.4, 0.5) is 0 Å². The molecule has 0 bridgehead atoms. The van der Waals surface area contributed by atoms with Gasteiger partial charge in [0.05, 0.1) is 6.54 Å². The van der Waals surface area contributed by atoms with Gasteiger partial charge in [-0.05, 0) is 64.4 Å². The molecule has 28 heavy (non-hydrogen) atoms. The van der Waals surface area contributed by atoms with E-state index in [0.29, 0.717) is 12.6 Å². The fourth-order valence-electron chi connectivity index (χ4n) is 3.89. The first kappa shape index (κ1) is 22.4. The molecule has 1 aliphatic rings. The molecule has 2 rings (SSSR count). The van der Waals surface area contributed by atoms with Crippen LogP contribution in [0.15, 0.2) is 24.3 Å². The van der Waals surface area contributed by atoms with Gasteiger partial charge >= 0.3 is 5.97 Å². The highest BCUT2D eigenvalue weighted by Crippen LogP contribution is 2.18. The predicted octanol–water partition coefficient (Wildman–Crippen LogP) is 2.93. The Hall–Kier alpha value is -1.92. The summed E-state index contributed by atoms with van der Waals surface area (Å²) in [5.41, 5.74) is 1.95. The van der Waals surface area contributed by atoms with Crippen LogP contribution in [0.2, 0.25) is 0 Å². The fraction of sp³-hybridized carbons (Fsp3) is 0.636. The van der Waals surface area contributed by atoms with Crippen molar-refractivity contribution in [1.29, 1.82) is 0 Å². The zero-order chi connectivity index (χ0) is 20.7. The third kappa shape index (κ3) is 6.31. The van der Waals surface area contributed by atoms with E-state index in [1.807, 2.05) is 29.0 Å². The summed E-state index contributed by atoms with van der Waals surface area (Å²) in [4.78, 5) is 30.0. The molecule has 0 radical (unpaired) electrons. The summed E-state index contributed by atoms with van der Waals surface area (Å²) in [6.45, 7) is 9.90. The Kier molecular flexibility index (Phi) is 8.45. The molecule has 6 heteroatoms. The molecule has 1 unspecified atom stereocenters. The van der Waals surface area contributed by atoms with Crippen molar-refractivity contribution in [3.63, 3.8) is 0 Å². The lowest BCUT2D eigenvalue weighted by Gasteiger charge is -2.26.